The van der Waals surface area contributed by atoms with Crippen molar-refractivity contribution in [2.45, 2.75) is 27.2 Å². The highest BCUT2D eigenvalue weighted by molar-refractivity contribution is 6.18. The third-order valence-corrected chi connectivity index (χ3v) is 2.49. The van der Waals surface area contributed by atoms with Crippen LogP contribution in [0.15, 0.2) is 6.07 Å². The summed E-state index contributed by atoms with van der Waals surface area (Å²) in [6, 6.07) is 1.86. The standard InChI is InChI=1S/C11H17ClN4O/c1-7(4-5-12)10(17)15-16-11-13-8(2)6-9(3)14-11/h6-7H,4-5H2,1-3H3,(H,15,17)(H,13,14,16). The minimum Gasteiger partial charge on any atom is -0.273 e. The normalized spacial score (nSPS) is 12.0. The van der Waals surface area contributed by atoms with Crippen molar-refractivity contribution in [3.05, 3.63) is 17.5 Å². The lowest BCUT2D eigenvalue weighted by molar-refractivity contribution is -0.124. The van der Waals surface area contributed by atoms with Gasteiger partial charge >= 0.3 is 0 Å². The van der Waals surface area contributed by atoms with Crippen molar-refractivity contribution in [3.63, 3.8) is 0 Å². The molecule has 0 fully saturated rings. The van der Waals surface area contributed by atoms with E-state index in [0.717, 1.165) is 11.4 Å². The van der Waals surface area contributed by atoms with Gasteiger partial charge in [-0.25, -0.2) is 9.97 Å². The summed E-state index contributed by atoms with van der Waals surface area (Å²) < 4.78 is 0. The molecule has 5 nitrogen and oxygen atoms in total. The molecule has 94 valence electrons. The Morgan fingerprint density at radius 2 is 2.00 bits per heavy atom. The van der Waals surface area contributed by atoms with E-state index in [2.05, 4.69) is 20.8 Å². The van der Waals surface area contributed by atoms with E-state index in [9.17, 15) is 4.79 Å². The highest BCUT2D eigenvalue weighted by atomic mass is 35.5. The van der Waals surface area contributed by atoms with E-state index in [1.165, 1.54) is 0 Å². The summed E-state index contributed by atoms with van der Waals surface area (Å²) in [7, 11) is 0. The summed E-state index contributed by atoms with van der Waals surface area (Å²) in [5.74, 6) is 0.613. The van der Waals surface area contributed by atoms with Gasteiger partial charge in [0.05, 0.1) is 0 Å². The summed E-state index contributed by atoms with van der Waals surface area (Å²) in [6.45, 7) is 5.57. The van der Waals surface area contributed by atoms with Gasteiger partial charge in [0.25, 0.3) is 0 Å². The van der Waals surface area contributed by atoms with Crippen molar-refractivity contribution in [2.75, 3.05) is 11.3 Å². The molecular weight excluding hydrogens is 240 g/mol. The van der Waals surface area contributed by atoms with Gasteiger partial charge in [-0.3, -0.25) is 15.6 Å². The lowest BCUT2D eigenvalue weighted by Crippen LogP contribution is -2.34. The SMILES string of the molecule is Cc1cc(C)nc(NNC(=O)C(C)CCCl)n1. The van der Waals surface area contributed by atoms with Gasteiger partial charge in [-0.2, -0.15) is 0 Å². The first-order valence-corrected chi connectivity index (χ1v) is 6.00. The number of hydrazine groups is 1. The molecule has 1 heterocycles. The molecule has 0 aliphatic carbocycles. The van der Waals surface area contributed by atoms with Gasteiger partial charge in [-0.05, 0) is 26.3 Å². The fourth-order valence-corrected chi connectivity index (χ4v) is 1.64. The Bertz CT molecular complexity index is 377. The van der Waals surface area contributed by atoms with Crippen molar-refractivity contribution >= 4 is 23.5 Å². The Morgan fingerprint density at radius 1 is 1.41 bits per heavy atom. The molecule has 1 unspecified atom stereocenters. The second-order valence-corrected chi connectivity index (χ2v) is 4.35. The molecule has 17 heavy (non-hydrogen) atoms. The van der Waals surface area contributed by atoms with Crippen molar-refractivity contribution < 1.29 is 4.79 Å². The molecule has 0 aliphatic heterocycles. The van der Waals surface area contributed by atoms with Crippen molar-refractivity contribution in [1.29, 1.82) is 0 Å². The van der Waals surface area contributed by atoms with Gasteiger partial charge < -0.3 is 0 Å². The number of hydrogen-bond donors (Lipinski definition) is 2. The van der Waals surface area contributed by atoms with Crippen molar-refractivity contribution in [2.24, 2.45) is 5.92 Å². The van der Waals surface area contributed by atoms with Crippen LogP contribution in [0.2, 0.25) is 0 Å². The number of aryl methyl sites for hydroxylation is 2. The lowest BCUT2D eigenvalue weighted by atomic mass is 10.1. The fourth-order valence-electron chi connectivity index (χ4n) is 1.32. The van der Waals surface area contributed by atoms with Crippen molar-refractivity contribution in [1.82, 2.24) is 15.4 Å². The second-order valence-electron chi connectivity index (χ2n) is 3.97. The first-order chi connectivity index (χ1) is 8.02. The van der Waals surface area contributed by atoms with Gasteiger partial charge in [0, 0.05) is 23.2 Å². The smallest absolute Gasteiger partial charge is 0.242 e. The predicted octanol–water partition coefficient (Wildman–Crippen LogP) is 1.80. The summed E-state index contributed by atoms with van der Waals surface area (Å²) in [6.07, 6.45) is 0.642. The minimum absolute atomic E-state index is 0.117. The van der Waals surface area contributed by atoms with Crippen LogP contribution >= 0.6 is 11.6 Å². The number of amides is 1. The molecular formula is C11H17ClN4O. The molecule has 0 bridgehead atoms. The van der Waals surface area contributed by atoms with Crippen LogP contribution < -0.4 is 10.9 Å². The molecule has 2 N–H and O–H groups in total. The summed E-state index contributed by atoms with van der Waals surface area (Å²) in [5, 5.41) is 0. The average molecular weight is 257 g/mol. The zero-order valence-electron chi connectivity index (χ0n) is 10.2. The number of nitrogens with zero attached hydrogens (tertiary/aromatic N) is 2. The summed E-state index contributed by atoms with van der Waals surface area (Å²) >= 11 is 5.57. The maximum atomic E-state index is 11.6. The number of carbonyl (C=O) groups excluding carboxylic acids is 1. The van der Waals surface area contributed by atoms with Crippen LogP contribution in [0.1, 0.15) is 24.7 Å². The third-order valence-electron chi connectivity index (χ3n) is 2.27. The van der Waals surface area contributed by atoms with E-state index < -0.39 is 0 Å². The van der Waals surface area contributed by atoms with Gasteiger partial charge in [-0.1, -0.05) is 6.92 Å². The van der Waals surface area contributed by atoms with E-state index >= 15 is 0 Å². The maximum absolute atomic E-state index is 11.6. The molecule has 0 radical (unpaired) electrons. The van der Waals surface area contributed by atoms with Gasteiger partial charge in [0.2, 0.25) is 11.9 Å². The zero-order chi connectivity index (χ0) is 12.8. The van der Waals surface area contributed by atoms with Crippen molar-refractivity contribution in [3.8, 4) is 0 Å². The number of halogens is 1. The molecule has 1 aromatic rings. The first-order valence-electron chi connectivity index (χ1n) is 5.47. The van der Waals surface area contributed by atoms with Crippen LogP contribution in [0.25, 0.3) is 0 Å². The Labute approximate surface area is 106 Å². The van der Waals surface area contributed by atoms with Crippen LogP contribution in [-0.4, -0.2) is 21.8 Å². The van der Waals surface area contributed by atoms with Crippen LogP contribution in [0.5, 0.6) is 0 Å². The van der Waals surface area contributed by atoms with Crippen LogP contribution in [0, 0.1) is 19.8 Å². The molecule has 6 heteroatoms. The third kappa shape index (κ3) is 4.56. The number of anilines is 1. The average Bonchev–Trinajstić information content (AvgIpc) is 2.25. The summed E-state index contributed by atoms with van der Waals surface area (Å²) in [4.78, 5) is 19.9. The molecule has 0 saturated heterocycles. The fraction of sp³-hybridized carbons (Fsp3) is 0.545. The summed E-state index contributed by atoms with van der Waals surface area (Å²) in [5.41, 5.74) is 6.97. The van der Waals surface area contributed by atoms with E-state index in [0.29, 0.717) is 18.2 Å². The molecule has 1 atom stereocenters. The van der Waals surface area contributed by atoms with E-state index in [1.807, 2.05) is 26.8 Å². The van der Waals surface area contributed by atoms with E-state index in [4.69, 9.17) is 11.6 Å². The molecule has 1 amide bonds. The minimum atomic E-state index is -0.133. The lowest BCUT2D eigenvalue weighted by Gasteiger charge is -2.12. The largest absolute Gasteiger partial charge is 0.273 e. The Morgan fingerprint density at radius 3 is 2.53 bits per heavy atom. The molecule has 1 aromatic heterocycles. The Kier molecular flexibility index (Phi) is 5.15. The monoisotopic (exact) mass is 256 g/mol. The van der Waals surface area contributed by atoms with Gasteiger partial charge in [0.15, 0.2) is 0 Å². The Balaban J connectivity index is 2.52. The molecule has 0 aliphatic rings. The number of alkyl halides is 1. The number of hydrogen-bond acceptors (Lipinski definition) is 4. The Hall–Kier alpha value is -1.36. The van der Waals surface area contributed by atoms with E-state index in [-0.39, 0.29) is 11.8 Å². The highest BCUT2D eigenvalue weighted by Gasteiger charge is 2.11. The first kappa shape index (κ1) is 13.7. The van der Waals surface area contributed by atoms with Gasteiger partial charge in [-0.15, -0.1) is 11.6 Å². The predicted molar refractivity (Wildman–Crippen MR) is 67.8 cm³/mol. The quantitative estimate of drug-likeness (QED) is 0.623. The van der Waals surface area contributed by atoms with Crippen LogP contribution in [0.3, 0.4) is 0 Å². The maximum Gasteiger partial charge on any atom is 0.242 e. The zero-order valence-corrected chi connectivity index (χ0v) is 11.0. The second kappa shape index (κ2) is 6.39. The van der Waals surface area contributed by atoms with E-state index in [1.54, 1.807) is 0 Å². The number of aromatic nitrogens is 2. The van der Waals surface area contributed by atoms with Crippen LogP contribution in [-0.2, 0) is 4.79 Å². The molecule has 0 spiro atoms. The van der Waals surface area contributed by atoms with Crippen LogP contribution in [0.4, 0.5) is 5.95 Å². The highest BCUT2D eigenvalue weighted by Crippen LogP contribution is 2.05. The number of rotatable bonds is 5. The molecule has 0 saturated carbocycles. The van der Waals surface area contributed by atoms with Gasteiger partial charge in [0.1, 0.15) is 0 Å². The number of carbonyl (C=O) groups is 1. The molecule has 1 rings (SSSR count). The number of nitrogens with one attached hydrogen (secondary N) is 2. The molecule has 0 aromatic carbocycles. The topological polar surface area (TPSA) is 66.9 Å².